The number of thiophene rings is 1. The van der Waals surface area contributed by atoms with Crippen LogP contribution < -0.4 is 20.7 Å². The van der Waals surface area contributed by atoms with Crippen LogP contribution in [0, 0.1) is 11.6 Å². The molecular weight excluding hydrogens is 422 g/mol. The third-order valence-electron chi connectivity index (χ3n) is 5.48. The van der Waals surface area contributed by atoms with Gasteiger partial charge in [0.05, 0.1) is 18.5 Å². The summed E-state index contributed by atoms with van der Waals surface area (Å²) in [6, 6.07) is 5.93. The normalized spacial score (nSPS) is 14.1. The Morgan fingerprint density at radius 1 is 1.23 bits per heavy atom. The number of ether oxygens (including phenoxy) is 1. The van der Waals surface area contributed by atoms with E-state index in [4.69, 9.17) is 10.5 Å². The fourth-order valence-corrected chi connectivity index (χ4v) is 4.80. The van der Waals surface area contributed by atoms with Gasteiger partial charge >= 0.3 is 0 Å². The van der Waals surface area contributed by atoms with E-state index in [0.717, 1.165) is 43.7 Å². The van der Waals surface area contributed by atoms with Gasteiger partial charge in [-0.2, -0.15) is 0 Å². The number of methoxy groups -OCH3 is 1. The quantitative estimate of drug-likeness (QED) is 0.595. The predicted octanol–water partition coefficient (Wildman–Crippen LogP) is 4.13. The first-order chi connectivity index (χ1) is 15.0. The molecule has 0 spiro atoms. The topological polar surface area (TPSA) is 80.5 Å². The van der Waals surface area contributed by atoms with Crippen molar-refractivity contribution in [1.29, 1.82) is 0 Å². The molecule has 1 aromatic carbocycles. The number of hydrogen-bond donors (Lipinski definition) is 2. The van der Waals surface area contributed by atoms with Gasteiger partial charge in [-0.25, -0.2) is 13.8 Å². The van der Waals surface area contributed by atoms with Gasteiger partial charge in [0, 0.05) is 37.2 Å². The maximum absolute atomic E-state index is 14.6. The Bertz CT molecular complexity index is 1110. The summed E-state index contributed by atoms with van der Waals surface area (Å²) >= 11 is 1.16. The number of rotatable bonds is 6. The van der Waals surface area contributed by atoms with Crippen molar-refractivity contribution in [1.82, 2.24) is 10.3 Å². The molecule has 0 radical (unpaired) electrons. The Balaban J connectivity index is 1.42. The molecule has 3 aromatic rings. The van der Waals surface area contributed by atoms with Crippen molar-refractivity contribution in [2.45, 2.75) is 25.7 Å². The average molecular weight is 447 g/mol. The SMILES string of the molecule is COc1ccc2c(N)c(C(=O)NCCc3cc(F)c(N4CCCCC4)cc3F)sc2n1. The summed E-state index contributed by atoms with van der Waals surface area (Å²) in [6.45, 7) is 1.63. The molecule has 1 saturated heterocycles. The highest BCUT2D eigenvalue weighted by molar-refractivity contribution is 7.21. The number of carbonyl (C=O) groups is 1. The molecule has 9 heteroatoms. The molecule has 1 aliphatic rings. The van der Waals surface area contributed by atoms with E-state index in [9.17, 15) is 13.6 Å². The minimum Gasteiger partial charge on any atom is -0.481 e. The number of nitrogens with zero attached hydrogens (tertiary/aromatic N) is 2. The number of piperidine rings is 1. The van der Waals surface area contributed by atoms with Crippen LogP contribution in [0.4, 0.5) is 20.2 Å². The van der Waals surface area contributed by atoms with Crippen LogP contribution >= 0.6 is 11.3 Å². The molecule has 0 saturated carbocycles. The standard InChI is InChI=1S/C22H24F2N4O2S/c1-30-18-6-5-14-19(25)20(31-22(14)27-18)21(29)26-8-7-13-11-16(24)17(12-15(13)23)28-9-3-2-4-10-28/h5-6,11-12H,2-4,7-10,25H2,1H3,(H,26,29). The maximum atomic E-state index is 14.6. The molecule has 6 nitrogen and oxygen atoms in total. The molecule has 164 valence electrons. The lowest BCUT2D eigenvalue weighted by Crippen LogP contribution is -2.30. The number of anilines is 2. The lowest BCUT2D eigenvalue weighted by Gasteiger charge is -2.29. The van der Waals surface area contributed by atoms with Crippen LogP contribution in [0.3, 0.4) is 0 Å². The lowest BCUT2D eigenvalue weighted by atomic mass is 10.1. The minimum atomic E-state index is -0.464. The van der Waals surface area contributed by atoms with E-state index in [2.05, 4.69) is 10.3 Å². The number of nitrogen functional groups attached to an aromatic ring is 1. The molecule has 3 N–H and O–H groups in total. The smallest absolute Gasteiger partial charge is 0.263 e. The second-order valence-corrected chi connectivity index (χ2v) is 8.50. The molecule has 0 bridgehead atoms. The Morgan fingerprint density at radius 2 is 2.00 bits per heavy atom. The predicted molar refractivity (Wildman–Crippen MR) is 119 cm³/mol. The zero-order chi connectivity index (χ0) is 22.0. The first-order valence-electron chi connectivity index (χ1n) is 10.2. The highest BCUT2D eigenvalue weighted by atomic mass is 32.1. The number of benzene rings is 1. The molecular formula is C22H24F2N4O2S. The lowest BCUT2D eigenvalue weighted by molar-refractivity contribution is 0.0959. The van der Waals surface area contributed by atoms with Crippen LogP contribution in [0.15, 0.2) is 24.3 Å². The first-order valence-corrected chi connectivity index (χ1v) is 11.0. The van der Waals surface area contributed by atoms with Gasteiger partial charge in [0.2, 0.25) is 5.88 Å². The number of halogens is 2. The summed E-state index contributed by atoms with van der Waals surface area (Å²) in [4.78, 5) is 19.7. The molecule has 3 heterocycles. The molecule has 0 atom stereocenters. The Hall–Kier alpha value is -2.94. The van der Waals surface area contributed by atoms with Crippen LogP contribution in [0.2, 0.25) is 0 Å². The van der Waals surface area contributed by atoms with Gasteiger partial charge in [-0.1, -0.05) is 0 Å². The number of nitrogens with two attached hydrogens (primary N) is 1. The van der Waals surface area contributed by atoms with Crippen molar-refractivity contribution >= 4 is 38.8 Å². The summed E-state index contributed by atoms with van der Waals surface area (Å²) in [5.41, 5.74) is 6.99. The van der Waals surface area contributed by atoms with Crippen molar-refractivity contribution in [3.63, 3.8) is 0 Å². The largest absolute Gasteiger partial charge is 0.481 e. The molecule has 0 aliphatic carbocycles. The van der Waals surface area contributed by atoms with Crippen molar-refractivity contribution < 1.29 is 18.3 Å². The van der Waals surface area contributed by atoms with E-state index < -0.39 is 11.6 Å². The zero-order valence-corrected chi connectivity index (χ0v) is 18.0. The van der Waals surface area contributed by atoms with Crippen LogP contribution in [0.25, 0.3) is 10.2 Å². The van der Waals surface area contributed by atoms with Gasteiger partial charge in [-0.15, -0.1) is 11.3 Å². The van der Waals surface area contributed by atoms with E-state index in [0.29, 0.717) is 32.3 Å². The van der Waals surface area contributed by atoms with E-state index in [-0.39, 0.29) is 24.4 Å². The molecule has 0 unspecified atom stereocenters. The number of fused-ring (bicyclic) bond motifs is 1. The molecule has 31 heavy (non-hydrogen) atoms. The number of nitrogens with one attached hydrogen (secondary N) is 1. The number of aromatic nitrogens is 1. The van der Waals surface area contributed by atoms with Crippen LogP contribution in [0.1, 0.15) is 34.5 Å². The van der Waals surface area contributed by atoms with Crippen molar-refractivity contribution in [2.24, 2.45) is 0 Å². The summed E-state index contributed by atoms with van der Waals surface area (Å²) in [5.74, 6) is -0.830. The highest BCUT2D eigenvalue weighted by Gasteiger charge is 2.19. The second-order valence-electron chi connectivity index (χ2n) is 7.50. The molecule has 4 rings (SSSR count). The van der Waals surface area contributed by atoms with Gasteiger partial charge in [-0.3, -0.25) is 4.79 Å². The third-order valence-corrected chi connectivity index (χ3v) is 6.59. The van der Waals surface area contributed by atoms with Gasteiger partial charge < -0.3 is 20.7 Å². The first kappa shape index (κ1) is 21.3. The monoisotopic (exact) mass is 446 g/mol. The molecule has 1 aliphatic heterocycles. The van der Waals surface area contributed by atoms with E-state index in [1.54, 1.807) is 12.1 Å². The van der Waals surface area contributed by atoms with Gasteiger partial charge in [0.15, 0.2) is 0 Å². The summed E-state index contributed by atoms with van der Waals surface area (Å²) in [5, 5.41) is 3.41. The molecule has 1 fully saturated rings. The number of pyridine rings is 1. The summed E-state index contributed by atoms with van der Waals surface area (Å²) in [6.07, 6.45) is 3.26. The molecule has 2 aromatic heterocycles. The Morgan fingerprint density at radius 3 is 2.74 bits per heavy atom. The van der Waals surface area contributed by atoms with Crippen LogP contribution in [-0.4, -0.2) is 37.6 Å². The summed E-state index contributed by atoms with van der Waals surface area (Å²) < 4.78 is 34.2. The van der Waals surface area contributed by atoms with Gasteiger partial charge in [-0.05, 0) is 43.4 Å². The van der Waals surface area contributed by atoms with Gasteiger partial charge in [0.25, 0.3) is 5.91 Å². The van der Waals surface area contributed by atoms with E-state index in [1.165, 1.54) is 19.2 Å². The highest BCUT2D eigenvalue weighted by Crippen LogP contribution is 2.33. The Kier molecular flexibility index (Phi) is 6.22. The maximum Gasteiger partial charge on any atom is 0.263 e. The fraction of sp³-hybridized carbons (Fsp3) is 0.364. The second kappa shape index (κ2) is 9.05. The fourth-order valence-electron chi connectivity index (χ4n) is 3.80. The van der Waals surface area contributed by atoms with Gasteiger partial charge in [0.1, 0.15) is 21.3 Å². The number of carbonyl (C=O) groups excluding carboxylic acids is 1. The van der Waals surface area contributed by atoms with Crippen molar-refractivity contribution in [3.05, 3.63) is 46.3 Å². The van der Waals surface area contributed by atoms with E-state index in [1.807, 2.05) is 4.90 Å². The number of hydrogen-bond acceptors (Lipinski definition) is 6. The molecule has 1 amide bonds. The zero-order valence-electron chi connectivity index (χ0n) is 17.2. The Labute approximate surface area is 183 Å². The summed E-state index contributed by atoms with van der Waals surface area (Å²) in [7, 11) is 1.51. The van der Waals surface area contributed by atoms with Crippen molar-refractivity contribution in [2.75, 3.05) is 37.4 Å². The third kappa shape index (κ3) is 4.41. The van der Waals surface area contributed by atoms with Crippen LogP contribution in [0.5, 0.6) is 5.88 Å². The van der Waals surface area contributed by atoms with Crippen LogP contribution in [-0.2, 0) is 6.42 Å². The minimum absolute atomic E-state index is 0.155. The van der Waals surface area contributed by atoms with Crippen molar-refractivity contribution in [3.8, 4) is 5.88 Å². The number of amides is 1. The van der Waals surface area contributed by atoms with E-state index >= 15 is 0 Å². The average Bonchev–Trinajstić information content (AvgIpc) is 3.12.